The zero-order chi connectivity index (χ0) is 23.7. The third-order valence-corrected chi connectivity index (χ3v) is 9.64. The molecule has 11 heteroatoms. The number of sulfonamides is 1. The van der Waals surface area contributed by atoms with Gasteiger partial charge in [-0.25, -0.2) is 9.29 Å². The molecule has 0 spiro atoms. The molecule has 34 heavy (non-hydrogen) atoms. The van der Waals surface area contributed by atoms with E-state index in [1.54, 1.807) is 29.8 Å². The smallest absolute Gasteiger partial charge is 0.277 e. The molecular formula is C23H22N4O4S3. The van der Waals surface area contributed by atoms with Crippen molar-refractivity contribution < 1.29 is 17.9 Å². The van der Waals surface area contributed by atoms with Crippen LogP contribution in [-0.4, -0.2) is 55.5 Å². The SMILES string of the molecule is C=CN(c1cccc2cc(-c3ncc(CC(=O)N4CCOCC4)s3)[nH]c12)S(=O)(=O)c1cccs1. The predicted molar refractivity (Wildman–Crippen MR) is 135 cm³/mol. The van der Waals surface area contributed by atoms with Gasteiger partial charge in [0.2, 0.25) is 5.91 Å². The number of aromatic amines is 1. The number of H-pyrrole nitrogens is 1. The van der Waals surface area contributed by atoms with Crippen LogP contribution in [0.1, 0.15) is 4.88 Å². The number of thiophene rings is 1. The first-order valence-electron chi connectivity index (χ1n) is 10.6. The molecule has 0 aliphatic carbocycles. The molecule has 0 atom stereocenters. The average Bonchev–Trinajstić information content (AvgIpc) is 3.60. The number of amides is 1. The number of rotatable bonds is 7. The molecule has 1 saturated heterocycles. The van der Waals surface area contributed by atoms with E-state index in [0.717, 1.165) is 32.3 Å². The minimum atomic E-state index is -3.78. The molecule has 0 radical (unpaired) electrons. The van der Waals surface area contributed by atoms with Gasteiger partial charge in [0.15, 0.2) is 0 Å². The Morgan fingerprint density at radius 3 is 2.82 bits per heavy atom. The lowest BCUT2D eigenvalue weighted by atomic mass is 10.2. The van der Waals surface area contributed by atoms with Gasteiger partial charge in [0.05, 0.1) is 36.5 Å². The Bertz CT molecular complexity index is 1430. The lowest BCUT2D eigenvalue weighted by Crippen LogP contribution is -2.41. The second-order valence-electron chi connectivity index (χ2n) is 7.64. The van der Waals surface area contributed by atoms with E-state index in [-0.39, 0.29) is 10.1 Å². The minimum absolute atomic E-state index is 0.0674. The zero-order valence-corrected chi connectivity index (χ0v) is 20.6. The van der Waals surface area contributed by atoms with E-state index >= 15 is 0 Å². The van der Waals surface area contributed by atoms with Crippen LogP contribution in [0.3, 0.4) is 0 Å². The summed E-state index contributed by atoms with van der Waals surface area (Å²) in [4.78, 5) is 23.1. The van der Waals surface area contributed by atoms with Crippen molar-refractivity contribution in [1.29, 1.82) is 0 Å². The monoisotopic (exact) mass is 514 g/mol. The summed E-state index contributed by atoms with van der Waals surface area (Å²) in [5, 5.41) is 3.31. The fourth-order valence-electron chi connectivity index (χ4n) is 3.86. The number of morpholine rings is 1. The van der Waals surface area contributed by atoms with Crippen molar-refractivity contribution in [2.75, 3.05) is 30.6 Å². The largest absolute Gasteiger partial charge is 0.378 e. The third-order valence-electron chi connectivity index (χ3n) is 5.52. The van der Waals surface area contributed by atoms with Crippen molar-refractivity contribution in [2.24, 2.45) is 0 Å². The van der Waals surface area contributed by atoms with Gasteiger partial charge in [-0.3, -0.25) is 4.79 Å². The fraction of sp³-hybridized carbons (Fsp3) is 0.217. The molecule has 8 nitrogen and oxygen atoms in total. The first kappa shape index (κ1) is 22.8. The van der Waals surface area contributed by atoms with Crippen molar-refractivity contribution in [3.05, 3.63) is 65.6 Å². The van der Waals surface area contributed by atoms with E-state index in [1.807, 2.05) is 23.1 Å². The van der Waals surface area contributed by atoms with Crippen LogP contribution in [0.2, 0.25) is 0 Å². The summed E-state index contributed by atoms with van der Waals surface area (Å²) in [6, 6.07) is 10.7. The Hall–Kier alpha value is -2.99. The topological polar surface area (TPSA) is 95.6 Å². The number of ether oxygens (including phenoxy) is 1. The van der Waals surface area contributed by atoms with Gasteiger partial charge in [-0.05, 0) is 23.6 Å². The maximum Gasteiger partial charge on any atom is 0.277 e. The van der Waals surface area contributed by atoms with Crippen LogP contribution in [-0.2, 0) is 26.0 Å². The van der Waals surface area contributed by atoms with Gasteiger partial charge in [0.25, 0.3) is 10.0 Å². The number of aromatic nitrogens is 2. The highest BCUT2D eigenvalue weighted by molar-refractivity contribution is 7.94. The van der Waals surface area contributed by atoms with Gasteiger partial charge in [-0.1, -0.05) is 24.8 Å². The van der Waals surface area contributed by atoms with Crippen LogP contribution < -0.4 is 4.31 Å². The van der Waals surface area contributed by atoms with Gasteiger partial charge >= 0.3 is 0 Å². The summed E-state index contributed by atoms with van der Waals surface area (Å²) in [5.41, 5.74) is 1.90. The van der Waals surface area contributed by atoms with Crippen molar-refractivity contribution >= 4 is 55.2 Å². The molecule has 1 aliphatic rings. The van der Waals surface area contributed by atoms with E-state index in [2.05, 4.69) is 16.5 Å². The molecule has 1 amide bonds. The number of carbonyl (C=O) groups is 1. The average molecular weight is 515 g/mol. The van der Waals surface area contributed by atoms with Crippen molar-refractivity contribution in [3.63, 3.8) is 0 Å². The van der Waals surface area contributed by atoms with E-state index in [1.165, 1.54) is 21.8 Å². The summed E-state index contributed by atoms with van der Waals surface area (Å²) >= 11 is 2.61. The summed E-state index contributed by atoms with van der Waals surface area (Å²) in [7, 11) is -3.78. The summed E-state index contributed by atoms with van der Waals surface area (Å²) < 4.78 is 33.1. The molecule has 0 bridgehead atoms. The normalized spacial score (nSPS) is 14.4. The summed E-state index contributed by atoms with van der Waals surface area (Å²) in [6.07, 6.45) is 3.33. The van der Waals surface area contributed by atoms with Crippen molar-refractivity contribution in [3.8, 4) is 10.7 Å². The molecule has 4 aromatic rings. The Morgan fingerprint density at radius 2 is 2.09 bits per heavy atom. The Morgan fingerprint density at radius 1 is 1.26 bits per heavy atom. The zero-order valence-electron chi connectivity index (χ0n) is 18.1. The number of carbonyl (C=O) groups excluding carboxylic acids is 1. The molecule has 3 aromatic heterocycles. The lowest BCUT2D eigenvalue weighted by Gasteiger charge is -2.26. The second kappa shape index (κ2) is 9.34. The first-order valence-corrected chi connectivity index (χ1v) is 13.7. The Balaban J connectivity index is 1.44. The maximum atomic E-state index is 13.2. The van der Waals surface area contributed by atoms with Gasteiger partial charge in [0.1, 0.15) is 9.22 Å². The highest BCUT2D eigenvalue weighted by Gasteiger charge is 2.26. The molecular weight excluding hydrogens is 492 g/mol. The van der Waals surface area contributed by atoms with E-state index in [9.17, 15) is 13.2 Å². The molecule has 1 aliphatic heterocycles. The lowest BCUT2D eigenvalue weighted by molar-refractivity contribution is -0.134. The van der Waals surface area contributed by atoms with Gasteiger partial charge in [-0.2, -0.15) is 8.42 Å². The molecule has 4 heterocycles. The predicted octanol–water partition coefficient (Wildman–Crippen LogP) is 4.09. The van der Waals surface area contributed by atoms with E-state index in [0.29, 0.717) is 43.9 Å². The highest BCUT2D eigenvalue weighted by atomic mass is 32.2. The number of nitrogens with one attached hydrogen (secondary N) is 1. The first-order chi connectivity index (χ1) is 16.5. The van der Waals surface area contributed by atoms with Gasteiger partial charge < -0.3 is 14.6 Å². The van der Waals surface area contributed by atoms with E-state index < -0.39 is 10.0 Å². The molecule has 0 saturated carbocycles. The number of para-hydroxylation sites is 1. The molecule has 5 rings (SSSR count). The number of anilines is 1. The van der Waals surface area contributed by atoms with Crippen LogP contribution in [0.15, 0.2) is 65.0 Å². The minimum Gasteiger partial charge on any atom is -0.378 e. The number of hydrogen-bond donors (Lipinski definition) is 1. The van der Waals surface area contributed by atoms with Crippen LogP contribution in [0.4, 0.5) is 5.69 Å². The molecule has 1 fully saturated rings. The molecule has 0 unspecified atom stereocenters. The van der Waals surface area contributed by atoms with E-state index in [4.69, 9.17) is 4.74 Å². The number of benzene rings is 1. The number of fused-ring (bicyclic) bond motifs is 1. The van der Waals surface area contributed by atoms with Crippen LogP contribution in [0.25, 0.3) is 21.6 Å². The summed E-state index contributed by atoms with van der Waals surface area (Å²) in [6.45, 7) is 6.11. The number of hydrogen-bond acceptors (Lipinski definition) is 7. The summed E-state index contributed by atoms with van der Waals surface area (Å²) in [5.74, 6) is 0.0674. The standard InChI is InChI=1S/C23H22N4O4S3/c1-2-27(34(29,30)21-7-4-12-32-21)19-6-3-5-16-13-18(25-22(16)19)23-24-15-17(33-23)14-20(28)26-8-10-31-11-9-26/h2-7,12-13,15,25H,1,8-11,14H2. The van der Waals surface area contributed by atoms with Crippen LogP contribution >= 0.6 is 22.7 Å². The maximum absolute atomic E-state index is 13.2. The van der Waals surface area contributed by atoms with Crippen molar-refractivity contribution in [1.82, 2.24) is 14.9 Å². The quantitative estimate of drug-likeness (QED) is 0.401. The molecule has 1 N–H and O–H groups in total. The molecule has 176 valence electrons. The third kappa shape index (κ3) is 4.27. The highest BCUT2D eigenvalue weighted by Crippen LogP contribution is 2.35. The van der Waals surface area contributed by atoms with Crippen LogP contribution in [0, 0.1) is 0 Å². The van der Waals surface area contributed by atoms with Crippen molar-refractivity contribution in [2.45, 2.75) is 10.6 Å². The van der Waals surface area contributed by atoms with Gasteiger partial charge in [0, 0.05) is 35.7 Å². The fourth-order valence-corrected chi connectivity index (χ4v) is 7.13. The van der Waals surface area contributed by atoms with Gasteiger partial charge in [-0.15, -0.1) is 22.7 Å². The number of thiazole rings is 1. The van der Waals surface area contributed by atoms with Crippen LogP contribution in [0.5, 0.6) is 0 Å². The number of nitrogens with zero attached hydrogens (tertiary/aromatic N) is 3. The second-order valence-corrected chi connectivity index (χ2v) is 11.7. The Kier molecular flexibility index (Phi) is 6.26. The molecule has 1 aromatic carbocycles. The Labute approximate surface area is 205 Å².